The summed E-state index contributed by atoms with van der Waals surface area (Å²) in [5.41, 5.74) is 2.60. The highest BCUT2D eigenvalue weighted by Crippen LogP contribution is 2.34. The average molecular weight is 399 g/mol. The Hall–Kier alpha value is -2.36. The van der Waals surface area contributed by atoms with E-state index in [0.29, 0.717) is 5.25 Å². The molecule has 0 atom stereocenters. The number of hydrogen-bond donors (Lipinski definition) is 0. The molecule has 3 heteroatoms. The lowest BCUT2D eigenvalue weighted by molar-refractivity contribution is 0.235. The average Bonchev–Trinajstić information content (AvgIpc) is 2.79. The van der Waals surface area contributed by atoms with E-state index in [1.807, 2.05) is 24.0 Å². The van der Waals surface area contributed by atoms with Gasteiger partial charge in [-0.15, -0.1) is 11.8 Å². The third-order valence-corrected chi connectivity index (χ3v) is 7.34. The van der Waals surface area contributed by atoms with Gasteiger partial charge in [-0.25, -0.2) is 0 Å². The zero-order valence-corrected chi connectivity index (χ0v) is 17.4. The fourth-order valence-corrected chi connectivity index (χ4v) is 5.53. The number of fused-ring (bicyclic) bond motifs is 2. The first-order chi connectivity index (χ1) is 14.3. The van der Waals surface area contributed by atoms with Crippen LogP contribution in [-0.2, 0) is 6.42 Å². The number of piperidine rings is 1. The molecule has 0 bridgehead atoms. The maximum atomic E-state index is 4.61. The zero-order valence-electron chi connectivity index (χ0n) is 16.6. The van der Waals surface area contributed by atoms with E-state index in [0.717, 1.165) is 18.5 Å². The van der Waals surface area contributed by atoms with Gasteiger partial charge in [0.25, 0.3) is 0 Å². The van der Waals surface area contributed by atoms with Crippen LogP contribution < -0.4 is 0 Å². The molecule has 1 aliphatic heterocycles. The van der Waals surface area contributed by atoms with Crippen molar-refractivity contribution in [1.29, 1.82) is 0 Å². The number of pyridine rings is 1. The van der Waals surface area contributed by atoms with E-state index in [-0.39, 0.29) is 0 Å². The summed E-state index contributed by atoms with van der Waals surface area (Å²) in [4.78, 5) is 8.58. The topological polar surface area (TPSA) is 16.1 Å². The van der Waals surface area contributed by atoms with E-state index in [2.05, 4.69) is 76.6 Å². The van der Waals surface area contributed by atoms with Crippen molar-refractivity contribution >= 4 is 33.4 Å². The van der Waals surface area contributed by atoms with Crippen molar-refractivity contribution in [2.24, 2.45) is 0 Å². The van der Waals surface area contributed by atoms with Crippen molar-refractivity contribution < 1.29 is 0 Å². The predicted octanol–water partition coefficient (Wildman–Crippen LogP) is 6.19. The fraction of sp³-hybridized carbons (Fsp3) is 0.269. The van der Waals surface area contributed by atoms with Gasteiger partial charge in [0.1, 0.15) is 0 Å². The van der Waals surface area contributed by atoms with E-state index < -0.39 is 0 Å². The molecular weight excluding hydrogens is 372 g/mol. The third kappa shape index (κ3) is 4.31. The SMILES string of the molecule is c1ccc2cc(CCN3CCC(Sc4cccc5cccnc45)CC3)ccc2c1. The number of hydrogen-bond acceptors (Lipinski definition) is 3. The van der Waals surface area contributed by atoms with Crippen molar-refractivity contribution in [1.82, 2.24) is 9.88 Å². The first-order valence-electron chi connectivity index (χ1n) is 10.6. The van der Waals surface area contributed by atoms with Crippen LogP contribution in [-0.4, -0.2) is 34.8 Å². The molecule has 2 nitrogen and oxygen atoms in total. The molecule has 0 radical (unpaired) electrons. The molecule has 29 heavy (non-hydrogen) atoms. The maximum Gasteiger partial charge on any atom is 0.0837 e. The van der Waals surface area contributed by atoms with Crippen LogP contribution in [0.1, 0.15) is 18.4 Å². The molecule has 5 rings (SSSR count). The first kappa shape index (κ1) is 18.7. The number of nitrogens with zero attached hydrogens (tertiary/aromatic N) is 2. The van der Waals surface area contributed by atoms with E-state index in [1.165, 1.54) is 52.5 Å². The summed E-state index contributed by atoms with van der Waals surface area (Å²) in [6.45, 7) is 3.55. The molecular formula is C26H26N2S. The molecule has 1 aliphatic rings. The first-order valence-corrected chi connectivity index (χ1v) is 11.4. The molecule has 1 saturated heterocycles. The van der Waals surface area contributed by atoms with Crippen LogP contribution >= 0.6 is 11.8 Å². The largest absolute Gasteiger partial charge is 0.303 e. The molecule has 3 aromatic carbocycles. The van der Waals surface area contributed by atoms with E-state index in [1.54, 1.807) is 0 Å². The second-order valence-corrected chi connectivity index (χ2v) is 9.26. The van der Waals surface area contributed by atoms with Crippen molar-refractivity contribution in [2.75, 3.05) is 19.6 Å². The normalized spacial score (nSPS) is 15.9. The number of likely N-dealkylation sites (tertiary alicyclic amines) is 1. The summed E-state index contributed by atoms with van der Waals surface area (Å²) in [5, 5.41) is 4.62. The van der Waals surface area contributed by atoms with Gasteiger partial charge in [0.2, 0.25) is 0 Å². The van der Waals surface area contributed by atoms with E-state index >= 15 is 0 Å². The standard InChI is InChI=1S/C26H26N2S/c1-2-6-23-19-20(10-11-21(23)5-1)12-16-28-17-13-24(14-18-28)29-25-9-3-7-22-8-4-15-27-26(22)25/h1-11,15,19,24H,12-14,16-18H2. The number of thioether (sulfide) groups is 1. The number of rotatable bonds is 5. The fourth-order valence-electron chi connectivity index (χ4n) is 4.28. The van der Waals surface area contributed by atoms with Crippen LogP contribution in [0.2, 0.25) is 0 Å². The highest BCUT2D eigenvalue weighted by atomic mass is 32.2. The molecule has 2 heterocycles. The zero-order chi connectivity index (χ0) is 19.5. The van der Waals surface area contributed by atoms with Crippen LogP contribution in [0.15, 0.2) is 83.9 Å². The Labute approximate surface area is 177 Å². The van der Waals surface area contributed by atoms with Gasteiger partial charge in [0.05, 0.1) is 5.52 Å². The second-order valence-electron chi connectivity index (χ2n) is 7.92. The molecule has 0 aliphatic carbocycles. The Kier molecular flexibility index (Phi) is 5.51. The van der Waals surface area contributed by atoms with Crippen LogP contribution in [0.25, 0.3) is 21.7 Å². The predicted molar refractivity (Wildman–Crippen MR) is 125 cm³/mol. The summed E-state index contributed by atoms with van der Waals surface area (Å²) in [5.74, 6) is 0. The van der Waals surface area contributed by atoms with E-state index in [4.69, 9.17) is 0 Å². The van der Waals surface area contributed by atoms with Gasteiger partial charge in [-0.05, 0) is 60.8 Å². The molecule has 0 unspecified atom stereocenters. The monoisotopic (exact) mass is 398 g/mol. The summed E-state index contributed by atoms with van der Waals surface area (Å²) in [6.07, 6.45) is 5.55. The van der Waals surface area contributed by atoms with E-state index in [9.17, 15) is 0 Å². The maximum absolute atomic E-state index is 4.61. The van der Waals surface area contributed by atoms with Crippen LogP contribution in [0.3, 0.4) is 0 Å². The minimum absolute atomic E-state index is 0.694. The van der Waals surface area contributed by atoms with Crippen molar-refractivity contribution in [3.63, 3.8) is 0 Å². The summed E-state index contributed by atoms with van der Waals surface area (Å²) >= 11 is 2.02. The van der Waals surface area contributed by atoms with Gasteiger partial charge in [-0.2, -0.15) is 0 Å². The molecule has 4 aromatic rings. The van der Waals surface area contributed by atoms with Crippen molar-refractivity contribution in [2.45, 2.75) is 29.4 Å². The molecule has 0 saturated carbocycles. The Morgan fingerprint density at radius 1 is 0.828 bits per heavy atom. The van der Waals surface area contributed by atoms with Gasteiger partial charge < -0.3 is 4.90 Å². The minimum atomic E-state index is 0.694. The smallest absolute Gasteiger partial charge is 0.0837 e. The molecule has 0 spiro atoms. The van der Waals surface area contributed by atoms with Gasteiger partial charge >= 0.3 is 0 Å². The molecule has 1 fully saturated rings. The molecule has 0 amide bonds. The van der Waals surface area contributed by atoms with Crippen molar-refractivity contribution in [3.05, 3.63) is 84.6 Å². The molecule has 1 aromatic heterocycles. The minimum Gasteiger partial charge on any atom is -0.303 e. The Balaban J connectivity index is 1.16. The number of aromatic nitrogens is 1. The lowest BCUT2D eigenvalue weighted by Crippen LogP contribution is -2.36. The van der Waals surface area contributed by atoms with Crippen LogP contribution in [0, 0.1) is 0 Å². The Morgan fingerprint density at radius 3 is 2.52 bits per heavy atom. The summed E-state index contributed by atoms with van der Waals surface area (Å²) in [6, 6.07) is 26.2. The molecule has 146 valence electrons. The lowest BCUT2D eigenvalue weighted by Gasteiger charge is -2.31. The number of benzene rings is 3. The van der Waals surface area contributed by atoms with Gasteiger partial charge in [-0.1, -0.05) is 60.7 Å². The lowest BCUT2D eigenvalue weighted by atomic mass is 10.0. The number of para-hydroxylation sites is 1. The van der Waals surface area contributed by atoms with Gasteiger partial charge in [-0.3, -0.25) is 4.98 Å². The van der Waals surface area contributed by atoms with Crippen LogP contribution in [0.4, 0.5) is 0 Å². The summed E-state index contributed by atoms with van der Waals surface area (Å²) < 4.78 is 0. The van der Waals surface area contributed by atoms with Gasteiger partial charge in [0, 0.05) is 28.3 Å². The highest BCUT2D eigenvalue weighted by molar-refractivity contribution is 8.00. The van der Waals surface area contributed by atoms with Crippen molar-refractivity contribution in [3.8, 4) is 0 Å². The highest BCUT2D eigenvalue weighted by Gasteiger charge is 2.20. The molecule has 0 N–H and O–H groups in total. The Bertz CT molecular complexity index is 1110. The van der Waals surface area contributed by atoms with Gasteiger partial charge in [0.15, 0.2) is 0 Å². The summed E-state index contributed by atoms with van der Waals surface area (Å²) in [7, 11) is 0. The third-order valence-electron chi connectivity index (χ3n) is 5.95. The van der Waals surface area contributed by atoms with Crippen LogP contribution in [0.5, 0.6) is 0 Å². The second kappa shape index (κ2) is 8.56. The Morgan fingerprint density at radius 2 is 1.62 bits per heavy atom. The quantitative estimate of drug-likeness (QED) is 0.399.